The van der Waals surface area contributed by atoms with Crippen molar-refractivity contribution in [1.82, 2.24) is 0 Å². The zero-order chi connectivity index (χ0) is 19.8. The normalized spacial score (nSPS) is 17.7. The lowest BCUT2D eigenvalue weighted by molar-refractivity contribution is -0.386. The number of halogens is 1. The Morgan fingerprint density at radius 3 is 2.26 bits per heavy atom. The maximum Gasteiger partial charge on any atom is 0.499 e. The SMILES string of the molecule is CC1(C)OB(c2cc(F)cc([N+](=O)[O-])c2OCc2ccccc2)OC1(C)C. The Hall–Kier alpha value is -2.45. The van der Waals surface area contributed by atoms with Crippen molar-refractivity contribution in [2.75, 3.05) is 0 Å². The molecular formula is C19H21BFNO5. The molecule has 0 radical (unpaired) electrons. The summed E-state index contributed by atoms with van der Waals surface area (Å²) in [4.78, 5) is 10.8. The van der Waals surface area contributed by atoms with Gasteiger partial charge in [-0.2, -0.15) is 0 Å². The molecule has 2 aromatic rings. The summed E-state index contributed by atoms with van der Waals surface area (Å²) in [5, 5.41) is 11.5. The van der Waals surface area contributed by atoms with Crippen LogP contribution < -0.4 is 10.2 Å². The molecule has 0 spiro atoms. The lowest BCUT2D eigenvalue weighted by Crippen LogP contribution is -2.41. The Morgan fingerprint density at radius 2 is 1.70 bits per heavy atom. The third-order valence-electron chi connectivity index (χ3n) is 4.99. The number of hydrogen-bond acceptors (Lipinski definition) is 5. The molecule has 142 valence electrons. The molecular weight excluding hydrogens is 352 g/mol. The van der Waals surface area contributed by atoms with E-state index in [1.807, 2.05) is 58.0 Å². The van der Waals surface area contributed by atoms with Crippen LogP contribution >= 0.6 is 0 Å². The van der Waals surface area contributed by atoms with Crippen LogP contribution in [0.25, 0.3) is 0 Å². The minimum Gasteiger partial charge on any atom is -0.482 e. The second-order valence-corrected chi connectivity index (χ2v) is 7.46. The van der Waals surface area contributed by atoms with Crippen molar-refractivity contribution in [2.24, 2.45) is 0 Å². The van der Waals surface area contributed by atoms with Crippen molar-refractivity contribution in [3.05, 3.63) is 64.0 Å². The molecule has 0 aromatic heterocycles. The summed E-state index contributed by atoms with van der Waals surface area (Å²) < 4.78 is 31.7. The molecule has 0 aliphatic carbocycles. The Bertz CT molecular complexity index is 841. The number of benzene rings is 2. The molecule has 1 heterocycles. The van der Waals surface area contributed by atoms with Gasteiger partial charge in [0.05, 0.1) is 22.2 Å². The Balaban J connectivity index is 2.01. The van der Waals surface area contributed by atoms with Crippen LogP contribution in [0.3, 0.4) is 0 Å². The average Bonchev–Trinajstić information content (AvgIpc) is 2.81. The molecule has 1 aliphatic heterocycles. The van der Waals surface area contributed by atoms with Gasteiger partial charge in [-0.1, -0.05) is 30.3 Å². The standard InChI is InChI=1S/C19H21BFNO5/c1-18(2)19(3,4)27-20(26-18)15-10-14(21)11-16(22(23)24)17(15)25-12-13-8-6-5-7-9-13/h5-11H,12H2,1-4H3. The van der Waals surface area contributed by atoms with Crippen molar-refractivity contribution >= 4 is 18.3 Å². The van der Waals surface area contributed by atoms with Crippen LogP contribution in [0.1, 0.15) is 33.3 Å². The summed E-state index contributed by atoms with van der Waals surface area (Å²) >= 11 is 0. The van der Waals surface area contributed by atoms with Crippen molar-refractivity contribution in [3.63, 3.8) is 0 Å². The van der Waals surface area contributed by atoms with Gasteiger partial charge in [0, 0.05) is 5.46 Å². The summed E-state index contributed by atoms with van der Waals surface area (Å²) in [5.41, 5.74) is -0.812. The van der Waals surface area contributed by atoms with E-state index >= 15 is 0 Å². The van der Waals surface area contributed by atoms with Crippen molar-refractivity contribution in [1.29, 1.82) is 0 Å². The molecule has 1 saturated heterocycles. The number of nitro groups is 1. The maximum atomic E-state index is 14.1. The second-order valence-electron chi connectivity index (χ2n) is 7.46. The van der Waals surface area contributed by atoms with Gasteiger partial charge in [0.1, 0.15) is 12.4 Å². The van der Waals surface area contributed by atoms with Gasteiger partial charge in [-0.05, 0) is 39.3 Å². The fraction of sp³-hybridized carbons (Fsp3) is 0.368. The minimum atomic E-state index is -0.977. The Morgan fingerprint density at radius 1 is 1.11 bits per heavy atom. The molecule has 0 saturated carbocycles. The first-order valence-corrected chi connectivity index (χ1v) is 8.61. The van der Waals surface area contributed by atoms with Crippen molar-refractivity contribution in [2.45, 2.75) is 45.5 Å². The Labute approximate surface area is 157 Å². The number of hydrogen-bond donors (Lipinski definition) is 0. The van der Waals surface area contributed by atoms with Crippen LogP contribution in [0.5, 0.6) is 5.75 Å². The minimum absolute atomic E-state index is 0.0521. The molecule has 0 bridgehead atoms. The zero-order valence-corrected chi connectivity index (χ0v) is 15.7. The van der Waals surface area contributed by atoms with Gasteiger partial charge in [-0.15, -0.1) is 0 Å². The van der Waals surface area contributed by atoms with E-state index in [2.05, 4.69) is 0 Å². The van der Waals surface area contributed by atoms with E-state index in [0.29, 0.717) is 0 Å². The van der Waals surface area contributed by atoms with Crippen LogP contribution in [-0.2, 0) is 15.9 Å². The van der Waals surface area contributed by atoms with E-state index < -0.39 is 34.7 Å². The Kier molecular flexibility index (Phi) is 4.97. The van der Waals surface area contributed by atoms with Gasteiger partial charge in [-0.25, -0.2) is 4.39 Å². The average molecular weight is 373 g/mol. The zero-order valence-electron chi connectivity index (χ0n) is 15.7. The predicted molar refractivity (Wildman–Crippen MR) is 99.5 cm³/mol. The highest BCUT2D eigenvalue weighted by atomic mass is 19.1. The molecule has 2 aromatic carbocycles. The van der Waals surface area contributed by atoms with E-state index in [9.17, 15) is 14.5 Å². The molecule has 1 fully saturated rings. The molecule has 0 N–H and O–H groups in total. The highest BCUT2D eigenvalue weighted by molar-refractivity contribution is 6.63. The van der Waals surface area contributed by atoms with Gasteiger partial charge in [-0.3, -0.25) is 10.1 Å². The van der Waals surface area contributed by atoms with Gasteiger partial charge >= 0.3 is 12.8 Å². The molecule has 1 aliphatic rings. The van der Waals surface area contributed by atoms with Gasteiger partial charge < -0.3 is 14.0 Å². The van der Waals surface area contributed by atoms with E-state index in [4.69, 9.17) is 14.0 Å². The fourth-order valence-corrected chi connectivity index (χ4v) is 2.77. The van der Waals surface area contributed by atoms with Crippen LogP contribution in [0.2, 0.25) is 0 Å². The van der Waals surface area contributed by atoms with Crippen molar-refractivity contribution in [3.8, 4) is 5.75 Å². The summed E-state index contributed by atoms with van der Waals surface area (Å²) in [7, 11) is -0.977. The van der Waals surface area contributed by atoms with Gasteiger partial charge in [0.2, 0.25) is 0 Å². The summed E-state index contributed by atoms with van der Waals surface area (Å²) in [5.74, 6) is -0.803. The third-order valence-corrected chi connectivity index (χ3v) is 4.99. The topological polar surface area (TPSA) is 70.8 Å². The van der Waals surface area contributed by atoms with Gasteiger partial charge in [0.15, 0.2) is 5.75 Å². The fourth-order valence-electron chi connectivity index (χ4n) is 2.77. The number of rotatable bonds is 5. The van der Waals surface area contributed by atoms with E-state index in [1.54, 1.807) is 0 Å². The summed E-state index contributed by atoms with van der Waals surface area (Å²) in [6.45, 7) is 7.51. The molecule has 0 unspecified atom stereocenters. The molecule has 0 atom stereocenters. The second kappa shape index (κ2) is 6.94. The molecule has 6 nitrogen and oxygen atoms in total. The van der Waals surface area contributed by atoms with E-state index in [1.165, 1.54) is 0 Å². The van der Waals surface area contributed by atoms with Crippen LogP contribution in [-0.4, -0.2) is 23.2 Å². The van der Waals surface area contributed by atoms with Crippen molar-refractivity contribution < 1.29 is 23.4 Å². The molecule has 27 heavy (non-hydrogen) atoms. The lowest BCUT2D eigenvalue weighted by Gasteiger charge is -2.32. The monoisotopic (exact) mass is 373 g/mol. The number of nitro benzene ring substituents is 1. The third kappa shape index (κ3) is 3.82. The number of ether oxygens (including phenoxy) is 1. The first-order chi connectivity index (χ1) is 12.6. The lowest BCUT2D eigenvalue weighted by atomic mass is 9.78. The predicted octanol–water partition coefficient (Wildman–Crippen LogP) is 3.61. The smallest absolute Gasteiger partial charge is 0.482 e. The van der Waals surface area contributed by atoms with E-state index in [-0.39, 0.29) is 17.8 Å². The van der Waals surface area contributed by atoms with Crippen LogP contribution in [0.4, 0.5) is 10.1 Å². The summed E-state index contributed by atoms with van der Waals surface area (Å²) in [6, 6.07) is 11.2. The molecule has 8 heteroatoms. The molecule has 0 amide bonds. The van der Waals surface area contributed by atoms with Crippen LogP contribution in [0, 0.1) is 15.9 Å². The summed E-state index contributed by atoms with van der Waals surface area (Å²) in [6.07, 6.45) is 0. The van der Waals surface area contributed by atoms with E-state index in [0.717, 1.165) is 17.7 Å². The maximum absolute atomic E-state index is 14.1. The first kappa shape index (κ1) is 19.3. The first-order valence-electron chi connectivity index (χ1n) is 8.61. The highest BCUT2D eigenvalue weighted by Crippen LogP contribution is 2.38. The molecule has 3 rings (SSSR count). The largest absolute Gasteiger partial charge is 0.499 e. The quantitative estimate of drug-likeness (QED) is 0.455. The highest BCUT2D eigenvalue weighted by Gasteiger charge is 2.53. The van der Waals surface area contributed by atoms with Crippen LogP contribution in [0.15, 0.2) is 42.5 Å². The number of nitrogens with zero attached hydrogens (tertiary/aromatic N) is 1. The van der Waals surface area contributed by atoms with Gasteiger partial charge in [0.25, 0.3) is 0 Å².